The van der Waals surface area contributed by atoms with Gasteiger partial charge in [0.1, 0.15) is 13.2 Å². The third-order valence-corrected chi connectivity index (χ3v) is 14.6. The summed E-state index contributed by atoms with van der Waals surface area (Å²) in [6, 6.07) is -0.755. The summed E-state index contributed by atoms with van der Waals surface area (Å²) in [4.78, 5) is 23.2. The molecule has 0 aliphatic heterocycles. The monoisotopic (exact) mass is 994 g/mol. The summed E-state index contributed by atoms with van der Waals surface area (Å²) in [5, 5.41) is 13.9. The van der Waals surface area contributed by atoms with Crippen molar-refractivity contribution in [1.82, 2.24) is 5.32 Å². The summed E-state index contributed by atoms with van der Waals surface area (Å²) in [5.41, 5.74) is 0. The van der Waals surface area contributed by atoms with Gasteiger partial charge in [-0.05, 0) is 51.4 Å². The number of carbonyl (C=O) groups is 1. The van der Waals surface area contributed by atoms with Crippen LogP contribution in [0.2, 0.25) is 0 Å². The molecule has 0 aliphatic rings. The fourth-order valence-corrected chi connectivity index (χ4v) is 9.67. The van der Waals surface area contributed by atoms with Gasteiger partial charge in [-0.2, -0.15) is 0 Å². The van der Waals surface area contributed by atoms with Crippen molar-refractivity contribution in [1.29, 1.82) is 0 Å². The lowest BCUT2D eigenvalue weighted by molar-refractivity contribution is -0.870. The van der Waals surface area contributed by atoms with Crippen molar-refractivity contribution in [2.75, 3.05) is 40.9 Å². The first-order valence-electron chi connectivity index (χ1n) is 29.9. The summed E-state index contributed by atoms with van der Waals surface area (Å²) < 4.78 is 23.6. The lowest BCUT2D eigenvalue weighted by Crippen LogP contribution is -2.46. The van der Waals surface area contributed by atoms with Gasteiger partial charge in [0, 0.05) is 6.42 Å². The summed E-state index contributed by atoms with van der Waals surface area (Å²) in [6.45, 7) is 4.86. The molecule has 0 aromatic heterocycles. The molecule has 69 heavy (non-hydrogen) atoms. The molecule has 0 radical (unpaired) electrons. The Morgan fingerprint density at radius 1 is 0.493 bits per heavy atom. The number of unbranched alkanes of at least 4 members (excludes halogenated alkanes) is 36. The normalized spacial score (nSPS) is 14.1. The maximum absolute atomic E-state index is 12.9. The zero-order valence-electron chi connectivity index (χ0n) is 46.6. The van der Waals surface area contributed by atoms with Gasteiger partial charge in [0.25, 0.3) is 0 Å². The number of allylic oxidation sites excluding steroid dienone is 6. The molecule has 0 spiro atoms. The fourth-order valence-electron chi connectivity index (χ4n) is 8.94. The van der Waals surface area contributed by atoms with Crippen LogP contribution >= 0.6 is 7.82 Å². The van der Waals surface area contributed by atoms with Crippen LogP contribution in [0.1, 0.15) is 290 Å². The van der Waals surface area contributed by atoms with Gasteiger partial charge in [0.05, 0.1) is 39.9 Å². The zero-order chi connectivity index (χ0) is 50.6. The number of hydrogen-bond acceptors (Lipinski definition) is 5. The average molecular weight is 995 g/mol. The predicted octanol–water partition coefficient (Wildman–Crippen LogP) is 18.2. The first kappa shape index (κ1) is 67.7. The topological polar surface area (TPSA) is 105 Å². The van der Waals surface area contributed by atoms with Crippen molar-refractivity contribution >= 4 is 13.7 Å². The van der Waals surface area contributed by atoms with E-state index in [9.17, 15) is 19.4 Å². The van der Waals surface area contributed by atoms with Crippen molar-refractivity contribution in [3.63, 3.8) is 0 Å². The molecule has 0 aliphatic carbocycles. The number of likely N-dealkylation sites (N-methyl/N-ethyl adjacent to an activating group) is 1. The number of phosphoric acid groups is 1. The van der Waals surface area contributed by atoms with Gasteiger partial charge in [-0.15, -0.1) is 0 Å². The van der Waals surface area contributed by atoms with Crippen molar-refractivity contribution < 1.29 is 32.9 Å². The molecule has 0 heterocycles. The van der Waals surface area contributed by atoms with Gasteiger partial charge in [-0.25, -0.2) is 4.57 Å². The van der Waals surface area contributed by atoms with Crippen LogP contribution in [0.3, 0.4) is 0 Å². The second-order valence-electron chi connectivity index (χ2n) is 21.7. The molecule has 0 saturated heterocycles. The Balaban J connectivity index is 3.76. The molecule has 9 heteroatoms. The van der Waals surface area contributed by atoms with Crippen molar-refractivity contribution in [2.45, 2.75) is 302 Å². The highest BCUT2D eigenvalue weighted by molar-refractivity contribution is 7.47. The number of amides is 1. The van der Waals surface area contributed by atoms with Crippen LogP contribution in [-0.4, -0.2) is 73.4 Å². The Bertz CT molecular complexity index is 1220. The molecule has 8 nitrogen and oxygen atoms in total. The molecule has 0 bridgehead atoms. The lowest BCUT2D eigenvalue weighted by Gasteiger charge is -2.26. The number of nitrogens with one attached hydrogen (secondary N) is 1. The fraction of sp³-hybridized carbons (Fsp3) is 0.883. The molecule has 0 aromatic carbocycles. The van der Waals surface area contributed by atoms with E-state index in [0.29, 0.717) is 23.9 Å². The van der Waals surface area contributed by atoms with Crippen LogP contribution in [0.25, 0.3) is 0 Å². The lowest BCUT2D eigenvalue weighted by atomic mass is 10.0. The third kappa shape index (κ3) is 54.3. The molecule has 408 valence electrons. The Morgan fingerprint density at radius 2 is 0.826 bits per heavy atom. The standard InChI is InChI=1S/C60H117N2O6P/c1-6-8-10-12-14-16-17-18-19-20-21-22-23-24-25-26-27-28-29-30-31-32-33-34-35-36-37-38-39-40-41-42-43-44-45-46-48-50-52-54-60(64)61-58(57-68-69(65,66)67-56-55-62(3,4)5)59(63)53-51-49-47-15-13-11-9-7-2/h17-18,20-21,23-24,58-59,63H,6-16,19,22,25-57H2,1-5H3,(H-,61,64,65,66)/p+1/b18-17-,21-20-,24-23-. The predicted molar refractivity (Wildman–Crippen MR) is 300 cm³/mol. The van der Waals surface area contributed by atoms with Gasteiger partial charge < -0.3 is 19.8 Å². The summed E-state index contributed by atoms with van der Waals surface area (Å²) >= 11 is 0. The second kappa shape index (κ2) is 51.6. The van der Waals surface area contributed by atoms with E-state index in [0.717, 1.165) is 51.4 Å². The molecule has 0 aromatic rings. The zero-order valence-corrected chi connectivity index (χ0v) is 47.5. The van der Waals surface area contributed by atoms with E-state index >= 15 is 0 Å². The summed E-state index contributed by atoms with van der Waals surface area (Å²) in [7, 11) is 1.62. The van der Waals surface area contributed by atoms with Crippen LogP contribution < -0.4 is 5.32 Å². The van der Waals surface area contributed by atoms with Crippen LogP contribution in [-0.2, 0) is 18.4 Å². The minimum atomic E-state index is -4.31. The molecule has 0 fully saturated rings. The second-order valence-corrected chi connectivity index (χ2v) is 23.2. The molecule has 0 rings (SSSR count). The largest absolute Gasteiger partial charge is 0.472 e. The number of phosphoric ester groups is 1. The van der Waals surface area contributed by atoms with Gasteiger partial charge in [0.2, 0.25) is 5.91 Å². The smallest absolute Gasteiger partial charge is 0.391 e. The molecular formula is C60H118N2O6P+. The van der Waals surface area contributed by atoms with Crippen LogP contribution in [0.4, 0.5) is 0 Å². The highest BCUT2D eigenvalue weighted by atomic mass is 31.2. The van der Waals surface area contributed by atoms with E-state index in [-0.39, 0.29) is 19.1 Å². The maximum Gasteiger partial charge on any atom is 0.472 e. The molecule has 3 unspecified atom stereocenters. The molecule has 1 amide bonds. The Labute approximate surface area is 429 Å². The number of rotatable bonds is 55. The number of carbonyl (C=O) groups excluding carboxylic acids is 1. The number of aliphatic hydroxyl groups is 1. The van der Waals surface area contributed by atoms with Gasteiger partial charge in [0.15, 0.2) is 0 Å². The Kier molecular flexibility index (Phi) is 50.7. The molecular weight excluding hydrogens is 876 g/mol. The van der Waals surface area contributed by atoms with E-state index in [1.54, 1.807) is 0 Å². The van der Waals surface area contributed by atoms with E-state index in [1.807, 2.05) is 21.1 Å². The SMILES string of the molecule is CCCCCCC/C=C\C/C=C\C/C=C\CCCCCCCCCCCCCCCCCCCCCCCCCCC(=O)NC(COP(=O)(O)OCC[N+](C)(C)C)C(O)CCCCCCCCCC. The van der Waals surface area contributed by atoms with E-state index in [4.69, 9.17) is 9.05 Å². The first-order chi connectivity index (χ1) is 33.5. The van der Waals surface area contributed by atoms with Crippen LogP contribution in [0.15, 0.2) is 36.5 Å². The maximum atomic E-state index is 12.9. The average Bonchev–Trinajstić information content (AvgIpc) is 3.31. The van der Waals surface area contributed by atoms with Crippen LogP contribution in [0.5, 0.6) is 0 Å². The Hall–Kier alpha value is -1.28. The Morgan fingerprint density at radius 3 is 1.20 bits per heavy atom. The molecule has 3 atom stereocenters. The number of quaternary nitrogens is 1. The van der Waals surface area contributed by atoms with E-state index < -0.39 is 20.0 Å². The van der Waals surface area contributed by atoms with Crippen LogP contribution in [0, 0.1) is 0 Å². The molecule has 0 saturated carbocycles. The van der Waals surface area contributed by atoms with Crippen molar-refractivity contribution in [2.24, 2.45) is 0 Å². The quantitative estimate of drug-likeness (QED) is 0.0243. The summed E-state index contributed by atoms with van der Waals surface area (Å²) in [5.74, 6) is -0.143. The number of nitrogens with zero attached hydrogens (tertiary/aromatic N) is 1. The molecule has 3 N–H and O–H groups in total. The van der Waals surface area contributed by atoms with E-state index in [1.165, 1.54) is 212 Å². The highest BCUT2D eigenvalue weighted by Gasteiger charge is 2.28. The highest BCUT2D eigenvalue weighted by Crippen LogP contribution is 2.43. The minimum absolute atomic E-state index is 0.0762. The third-order valence-electron chi connectivity index (χ3n) is 13.6. The van der Waals surface area contributed by atoms with Gasteiger partial charge >= 0.3 is 7.82 Å². The summed E-state index contributed by atoms with van der Waals surface area (Å²) in [6.07, 6.45) is 66.8. The van der Waals surface area contributed by atoms with Crippen molar-refractivity contribution in [3.8, 4) is 0 Å². The van der Waals surface area contributed by atoms with Gasteiger partial charge in [-0.3, -0.25) is 13.8 Å². The van der Waals surface area contributed by atoms with Crippen molar-refractivity contribution in [3.05, 3.63) is 36.5 Å². The van der Waals surface area contributed by atoms with E-state index in [2.05, 4.69) is 55.6 Å². The number of aliphatic hydroxyl groups excluding tert-OH is 1. The minimum Gasteiger partial charge on any atom is -0.391 e. The first-order valence-corrected chi connectivity index (χ1v) is 31.3. The van der Waals surface area contributed by atoms with Gasteiger partial charge in [-0.1, -0.05) is 269 Å². The number of hydrogen-bond donors (Lipinski definition) is 3.